The van der Waals surface area contributed by atoms with Crippen molar-refractivity contribution in [2.75, 3.05) is 0 Å². The number of rotatable bonds is 5. The van der Waals surface area contributed by atoms with Crippen molar-refractivity contribution in [1.29, 1.82) is 0 Å². The fourth-order valence-electron chi connectivity index (χ4n) is 1.75. The van der Waals surface area contributed by atoms with Crippen molar-refractivity contribution < 1.29 is 0 Å². The summed E-state index contributed by atoms with van der Waals surface area (Å²) in [6, 6.07) is 13.4. The van der Waals surface area contributed by atoms with Gasteiger partial charge in [0, 0.05) is 17.5 Å². The van der Waals surface area contributed by atoms with Crippen molar-refractivity contribution in [3.05, 3.63) is 46.7 Å². The van der Waals surface area contributed by atoms with Gasteiger partial charge >= 0.3 is 0 Å². The van der Waals surface area contributed by atoms with Crippen molar-refractivity contribution in [2.45, 2.75) is 33.4 Å². The molecule has 1 nitrogen and oxygen atoms in total. The van der Waals surface area contributed by atoms with E-state index < -0.39 is 0 Å². The molecular weight excluding hydrogens is 238 g/mol. The Morgan fingerprint density at radius 2 is 1.78 bits per heavy atom. The molecule has 1 unspecified atom stereocenters. The summed E-state index contributed by atoms with van der Waals surface area (Å²) in [5.74, 6) is 0.679. The molecule has 0 bridgehead atoms. The van der Waals surface area contributed by atoms with Crippen LogP contribution < -0.4 is 5.32 Å². The zero-order valence-corrected chi connectivity index (χ0v) is 12.1. The maximum Gasteiger partial charge on any atom is 0.0302 e. The first-order valence-electron chi connectivity index (χ1n) is 6.53. The Hall–Kier alpha value is -1.12. The van der Waals surface area contributed by atoms with E-state index in [-0.39, 0.29) is 0 Å². The number of hydrogen-bond donors (Lipinski definition) is 1. The van der Waals surface area contributed by atoms with Gasteiger partial charge in [0.1, 0.15) is 0 Å². The molecule has 18 heavy (non-hydrogen) atoms. The van der Waals surface area contributed by atoms with Gasteiger partial charge in [0.15, 0.2) is 0 Å². The van der Waals surface area contributed by atoms with Crippen molar-refractivity contribution in [2.24, 2.45) is 5.92 Å². The van der Waals surface area contributed by atoms with E-state index >= 15 is 0 Å². The zero-order valence-electron chi connectivity index (χ0n) is 11.3. The van der Waals surface area contributed by atoms with E-state index in [0.29, 0.717) is 12.0 Å². The first kappa shape index (κ1) is 13.3. The predicted octanol–water partition coefficient (Wildman–Crippen LogP) is 4.55. The lowest BCUT2D eigenvalue weighted by atomic mass is 10.1. The van der Waals surface area contributed by atoms with Crippen LogP contribution in [-0.2, 0) is 6.54 Å². The van der Waals surface area contributed by atoms with E-state index in [9.17, 15) is 0 Å². The van der Waals surface area contributed by atoms with Crippen LogP contribution in [0.3, 0.4) is 0 Å². The Kier molecular flexibility index (Phi) is 4.56. The van der Waals surface area contributed by atoms with Gasteiger partial charge in [-0.05, 0) is 35.4 Å². The third-order valence-corrected chi connectivity index (χ3v) is 4.30. The van der Waals surface area contributed by atoms with E-state index in [0.717, 1.165) is 6.54 Å². The smallest absolute Gasteiger partial charge is 0.0302 e. The SMILES string of the molecule is CC(C)C(C)NCc1cc(-c2ccccc2)cs1. The summed E-state index contributed by atoms with van der Waals surface area (Å²) in [6.07, 6.45) is 0. The van der Waals surface area contributed by atoms with E-state index in [1.807, 2.05) is 11.3 Å². The lowest BCUT2D eigenvalue weighted by molar-refractivity contribution is 0.428. The lowest BCUT2D eigenvalue weighted by Crippen LogP contribution is -2.29. The first-order chi connectivity index (χ1) is 8.66. The summed E-state index contributed by atoms with van der Waals surface area (Å²) in [5, 5.41) is 5.82. The molecule has 0 saturated heterocycles. The molecule has 0 amide bonds. The fourth-order valence-corrected chi connectivity index (χ4v) is 2.60. The quantitative estimate of drug-likeness (QED) is 0.830. The van der Waals surface area contributed by atoms with Crippen LogP contribution in [0.5, 0.6) is 0 Å². The highest BCUT2D eigenvalue weighted by atomic mass is 32.1. The average Bonchev–Trinajstić information content (AvgIpc) is 2.85. The van der Waals surface area contributed by atoms with E-state index in [2.05, 4.69) is 67.9 Å². The van der Waals surface area contributed by atoms with Gasteiger partial charge in [0.05, 0.1) is 0 Å². The third kappa shape index (κ3) is 3.44. The van der Waals surface area contributed by atoms with Crippen LogP contribution in [0.15, 0.2) is 41.8 Å². The van der Waals surface area contributed by atoms with E-state index in [1.54, 1.807) is 0 Å². The highest BCUT2D eigenvalue weighted by Gasteiger charge is 2.07. The van der Waals surface area contributed by atoms with Gasteiger partial charge < -0.3 is 5.32 Å². The minimum absolute atomic E-state index is 0.562. The van der Waals surface area contributed by atoms with Crippen molar-refractivity contribution in [3.8, 4) is 11.1 Å². The zero-order chi connectivity index (χ0) is 13.0. The standard InChI is InChI=1S/C16H21NS/c1-12(2)13(3)17-10-16-9-15(11-18-16)14-7-5-4-6-8-14/h4-9,11-13,17H,10H2,1-3H3. The van der Waals surface area contributed by atoms with Gasteiger partial charge in [-0.1, -0.05) is 44.2 Å². The minimum Gasteiger partial charge on any atom is -0.309 e. The molecule has 0 aliphatic heterocycles. The molecule has 1 heterocycles. The number of thiophene rings is 1. The second-order valence-electron chi connectivity index (χ2n) is 5.08. The molecule has 1 atom stereocenters. The molecular formula is C16H21NS. The number of hydrogen-bond acceptors (Lipinski definition) is 2. The minimum atomic E-state index is 0.562. The largest absolute Gasteiger partial charge is 0.309 e. The van der Waals surface area contributed by atoms with Crippen molar-refractivity contribution >= 4 is 11.3 Å². The molecule has 0 aliphatic rings. The molecule has 0 spiro atoms. The van der Waals surface area contributed by atoms with Crippen LogP contribution in [-0.4, -0.2) is 6.04 Å². The molecule has 0 radical (unpaired) electrons. The monoisotopic (exact) mass is 259 g/mol. The van der Waals surface area contributed by atoms with Crippen LogP contribution in [0.4, 0.5) is 0 Å². The molecule has 1 aromatic carbocycles. The van der Waals surface area contributed by atoms with E-state index in [4.69, 9.17) is 0 Å². The normalized spacial score (nSPS) is 12.9. The second kappa shape index (κ2) is 6.17. The predicted molar refractivity (Wildman–Crippen MR) is 80.9 cm³/mol. The van der Waals surface area contributed by atoms with Gasteiger partial charge in [0.25, 0.3) is 0 Å². The van der Waals surface area contributed by atoms with Gasteiger partial charge in [-0.2, -0.15) is 0 Å². The van der Waals surface area contributed by atoms with Crippen LogP contribution in [0.1, 0.15) is 25.6 Å². The molecule has 0 aliphatic carbocycles. The van der Waals surface area contributed by atoms with Gasteiger partial charge in [-0.15, -0.1) is 11.3 Å². The molecule has 0 fully saturated rings. The molecule has 1 aromatic heterocycles. The Morgan fingerprint density at radius 3 is 2.44 bits per heavy atom. The molecule has 1 N–H and O–H groups in total. The van der Waals surface area contributed by atoms with Gasteiger partial charge in [-0.25, -0.2) is 0 Å². The maximum atomic E-state index is 3.57. The van der Waals surface area contributed by atoms with Crippen LogP contribution in [0.25, 0.3) is 11.1 Å². The molecule has 2 aromatic rings. The highest BCUT2D eigenvalue weighted by Crippen LogP contribution is 2.25. The van der Waals surface area contributed by atoms with Gasteiger partial charge in [-0.3, -0.25) is 0 Å². The maximum absolute atomic E-state index is 3.57. The Labute approximate surface area is 114 Å². The Bertz CT molecular complexity index is 473. The summed E-state index contributed by atoms with van der Waals surface area (Å²) in [6.45, 7) is 7.72. The van der Waals surface area contributed by atoms with Crippen LogP contribution >= 0.6 is 11.3 Å². The third-order valence-electron chi connectivity index (χ3n) is 3.36. The molecule has 0 saturated carbocycles. The van der Waals surface area contributed by atoms with E-state index in [1.165, 1.54) is 16.0 Å². The molecule has 96 valence electrons. The van der Waals surface area contributed by atoms with Crippen molar-refractivity contribution in [1.82, 2.24) is 5.32 Å². The Balaban J connectivity index is 1.99. The number of benzene rings is 1. The lowest BCUT2D eigenvalue weighted by Gasteiger charge is -2.16. The molecule has 2 rings (SSSR count). The summed E-state index contributed by atoms with van der Waals surface area (Å²) in [4.78, 5) is 1.40. The number of nitrogens with one attached hydrogen (secondary N) is 1. The summed E-state index contributed by atoms with van der Waals surface area (Å²) in [5.41, 5.74) is 2.63. The van der Waals surface area contributed by atoms with Crippen LogP contribution in [0.2, 0.25) is 0 Å². The second-order valence-corrected chi connectivity index (χ2v) is 6.08. The fraction of sp³-hybridized carbons (Fsp3) is 0.375. The summed E-state index contributed by atoms with van der Waals surface area (Å²) >= 11 is 1.84. The topological polar surface area (TPSA) is 12.0 Å². The highest BCUT2D eigenvalue weighted by molar-refractivity contribution is 7.10. The molecule has 2 heteroatoms. The van der Waals surface area contributed by atoms with Crippen molar-refractivity contribution in [3.63, 3.8) is 0 Å². The van der Waals surface area contributed by atoms with Gasteiger partial charge in [0.2, 0.25) is 0 Å². The van der Waals surface area contributed by atoms with Crippen LogP contribution in [0, 0.1) is 5.92 Å². The Morgan fingerprint density at radius 1 is 1.06 bits per heavy atom. The summed E-state index contributed by atoms with van der Waals surface area (Å²) < 4.78 is 0. The summed E-state index contributed by atoms with van der Waals surface area (Å²) in [7, 11) is 0. The average molecular weight is 259 g/mol. The first-order valence-corrected chi connectivity index (χ1v) is 7.41.